The number of fused-ring (bicyclic) bond motifs is 1. The largest absolute Gasteiger partial charge is 0.496 e. The summed E-state index contributed by atoms with van der Waals surface area (Å²) < 4.78 is 11.0. The molecular weight excluding hydrogens is 324 g/mol. The van der Waals surface area contributed by atoms with Crippen molar-refractivity contribution < 1.29 is 9.47 Å². The van der Waals surface area contributed by atoms with Crippen LogP contribution in [0.4, 0.5) is 0 Å². The number of hydrogen-bond acceptors (Lipinski definition) is 4. The number of likely N-dealkylation sites (tertiary alicyclic amines) is 1. The van der Waals surface area contributed by atoms with Crippen LogP contribution >= 0.6 is 0 Å². The normalized spacial score (nSPS) is 20.5. The van der Waals surface area contributed by atoms with Crippen molar-refractivity contribution in [2.45, 2.75) is 19.4 Å². The van der Waals surface area contributed by atoms with Crippen molar-refractivity contribution in [3.05, 3.63) is 42.0 Å². The predicted octanol–water partition coefficient (Wildman–Crippen LogP) is 3.39. The molecule has 2 fully saturated rings. The summed E-state index contributed by atoms with van der Waals surface area (Å²) in [4.78, 5) is 5.20. The predicted molar refractivity (Wildman–Crippen MR) is 106 cm³/mol. The molecule has 0 aromatic heterocycles. The molecule has 2 saturated heterocycles. The van der Waals surface area contributed by atoms with E-state index in [0.29, 0.717) is 0 Å². The average Bonchev–Trinajstić information content (AvgIpc) is 2.70. The standard InChI is InChI=1S/C22H30N2O2/c1-25-22-7-6-19(20-4-2-3-5-21(20)22)17-23-10-8-18(9-11-23)16-24-12-14-26-15-13-24/h2-7,18H,8-17H2,1H3. The summed E-state index contributed by atoms with van der Waals surface area (Å²) in [6.07, 6.45) is 2.62. The minimum Gasteiger partial charge on any atom is -0.496 e. The Morgan fingerprint density at radius 2 is 1.65 bits per heavy atom. The van der Waals surface area contributed by atoms with E-state index in [0.717, 1.165) is 44.5 Å². The van der Waals surface area contributed by atoms with Gasteiger partial charge in [-0.3, -0.25) is 9.80 Å². The van der Waals surface area contributed by atoms with Gasteiger partial charge < -0.3 is 9.47 Å². The van der Waals surface area contributed by atoms with Gasteiger partial charge in [0.1, 0.15) is 5.75 Å². The number of nitrogens with zero attached hydrogens (tertiary/aromatic N) is 2. The van der Waals surface area contributed by atoms with Crippen molar-refractivity contribution in [1.29, 1.82) is 0 Å². The second-order valence-electron chi connectivity index (χ2n) is 7.61. The third-order valence-corrected chi connectivity index (χ3v) is 5.92. The Labute approximate surface area is 156 Å². The van der Waals surface area contributed by atoms with Crippen molar-refractivity contribution >= 4 is 10.8 Å². The summed E-state index contributed by atoms with van der Waals surface area (Å²) >= 11 is 0. The van der Waals surface area contributed by atoms with Gasteiger partial charge in [-0.2, -0.15) is 0 Å². The van der Waals surface area contributed by atoms with Crippen molar-refractivity contribution in [3.8, 4) is 5.75 Å². The minimum atomic E-state index is 0.844. The van der Waals surface area contributed by atoms with Crippen LogP contribution < -0.4 is 4.74 Å². The van der Waals surface area contributed by atoms with E-state index in [1.54, 1.807) is 7.11 Å². The summed E-state index contributed by atoms with van der Waals surface area (Å²) in [5.41, 5.74) is 1.41. The maximum atomic E-state index is 5.53. The first kappa shape index (κ1) is 17.8. The maximum absolute atomic E-state index is 5.53. The third kappa shape index (κ3) is 4.03. The molecule has 0 amide bonds. The summed E-state index contributed by atoms with van der Waals surface area (Å²) in [6, 6.07) is 12.9. The van der Waals surface area contributed by atoms with Gasteiger partial charge in [-0.15, -0.1) is 0 Å². The lowest BCUT2D eigenvalue weighted by Crippen LogP contribution is -2.42. The molecule has 2 aromatic rings. The van der Waals surface area contributed by atoms with E-state index in [1.165, 1.54) is 48.8 Å². The minimum absolute atomic E-state index is 0.844. The lowest BCUT2D eigenvalue weighted by molar-refractivity contribution is 0.0242. The summed E-state index contributed by atoms with van der Waals surface area (Å²) in [6.45, 7) is 8.73. The first-order valence-corrected chi connectivity index (χ1v) is 9.90. The Morgan fingerprint density at radius 1 is 0.923 bits per heavy atom. The van der Waals surface area contributed by atoms with Crippen LogP contribution in [0.25, 0.3) is 10.8 Å². The Kier molecular flexibility index (Phi) is 5.73. The van der Waals surface area contributed by atoms with E-state index >= 15 is 0 Å². The van der Waals surface area contributed by atoms with Crippen LogP contribution in [0.2, 0.25) is 0 Å². The fraction of sp³-hybridized carbons (Fsp3) is 0.545. The summed E-state index contributed by atoms with van der Waals surface area (Å²) in [5.74, 6) is 1.81. The van der Waals surface area contributed by atoms with Gasteiger partial charge >= 0.3 is 0 Å². The molecular formula is C22H30N2O2. The van der Waals surface area contributed by atoms with Gasteiger partial charge in [-0.05, 0) is 48.9 Å². The molecule has 4 nitrogen and oxygen atoms in total. The fourth-order valence-electron chi connectivity index (χ4n) is 4.37. The summed E-state index contributed by atoms with van der Waals surface area (Å²) in [7, 11) is 1.75. The van der Waals surface area contributed by atoms with Gasteiger partial charge in [0.15, 0.2) is 0 Å². The lowest BCUT2D eigenvalue weighted by Gasteiger charge is -2.36. The summed E-state index contributed by atoms with van der Waals surface area (Å²) in [5, 5.41) is 2.54. The molecule has 2 aromatic carbocycles. The molecule has 0 unspecified atom stereocenters. The zero-order chi connectivity index (χ0) is 17.8. The van der Waals surface area contributed by atoms with Crippen LogP contribution in [0, 0.1) is 5.92 Å². The molecule has 0 aliphatic carbocycles. The molecule has 0 radical (unpaired) electrons. The molecule has 2 aliphatic heterocycles. The second kappa shape index (κ2) is 8.38. The maximum Gasteiger partial charge on any atom is 0.126 e. The quantitative estimate of drug-likeness (QED) is 0.822. The topological polar surface area (TPSA) is 24.9 Å². The van der Waals surface area contributed by atoms with Crippen molar-refractivity contribution in [2.75, 3.05) is 53.0 Å². The van der Waals surface area contributed by atoms with Gasteiger partial charge in [0.25, 0.3) is 0 Å². The molecule has 4 rings (SSSR count). The first-order chi connectivity index (χ1) is 12.8. The number of rotatable bonds is 5. The fourth-order valence-corrected chi connectivity index (χ4v) is 4.37. The first-order valence-electron chi connectivity index (χ1n) is 9.90. The van der Waals surface area contributed by atoms with E-state index in [-0.39, 0.29) is 0 Å². The van der Waals surface area contributed by atoms with E-state index < -0.39 is 0 Å². The molecule has 0 saturated carbocycles. The van der Waals surface area contributed by atoms with E-state index in [4.69, 9.17) is 9.47 Å². The van der Waals surface area contributed by atoms with Gasteiger partial charge in [0.05, 0.1) is 20.3 Å². The molecule has 26 heavy (non-hydrogen) atoms. The van der Waals surface area contributed by atoms with Crippen LogP contribution in [0.15, 0.2) is 36.4 Å². The van der Waals surface area contributed by atoms with E-state index in [2.05, 4.69) is 46.2 Å². The van der Waals surface area contributed by atoms with Gasteiger partial charge in [-0.25, -0.2) is 0 Å². The average molecular weight is 354 g/mol. The molecule has 2 heterocycles. The molecule has 140 valence electrons. The molecule has 0 atom stereocenters. The second-order valence-corrected chi connectivity index (χ2v) is 7.61. The van der Waals surface area contributed by atoms with Crippen molar-refractivity contribution in [3.63, 3.8) is 0 Å². The SMILES string of the molecule is COc1ccc(CN2CCC(CN3CCOCC3)CC2)c2ccccc12. The highest BCUT2D eigenvalue weighted by Crippen LogP contribution is 2.30. The number of methoxy groups -OCH3 is 1. The van der Waals surface area contributed by atoms with E-state index in [9.17, 15) is 0 Å². The van der Waals surface area contributed by atoms with Gasteiger partial charge in [-0.1, -0.05) is 30.3 Å². The van der Waals surface area contributed by atoms with Crippen LogP contribution in [-0.2, 0) is 11.3 Å². The zero-order valence-electron chi connectivity index (χ0n) is 15.8. The molecule has 0 N–H and O–H groups in total. The van der Waals surface area contributed by atoms with Crippen LogP contribution in [0.5, 0.6) is 5.75 Å². The molecule has 0 spiro atoms. The number of piperidine rings is 1. The molecule has 2 aliphatic rings. The van der Waals surface area contributed by atoms with Crippen molar-refractivity contribution in [1.82, 2.24) is 9.80 Å². The highest BCUT2D eigenvalue weighted by atomic mass is 16.5. The smallest absolute Gasteiger partial charge is 0.126 e. The lowest BCUT2D eigenvalue weighted by atomic mass is 9.95. The highest BCUT2D eigenvalue weighted by molar-refractivity contribution is 5.91. The Balaban J connectivity index is 1.36. The van der Waals surface area contributed by atoms with Gasteiger partial charge in [0.2, 0.25) is 0 Å². The molecule has 0 bridgehead atoms. The Hall–Kier alpha value is -1.62. The highest BCUT2D eigenvalue weighted by Gasteiger charge is 2.23. The number of morpholine rings is 1. The third-order valence-electron chi connectivity index (χ3n) is 5.92. The Bertz CT molecular complexity index is 719. The van der Waals surface area contributed by atoms with Crippen LogP contribution in [0.1, 0.15) is 18.4 Å². The van der Waals surface area contributed by atoms with Crippen LogP contribution in [-0.4, -0.2) is 62.8 Å². The van der Waals surface area contributed by atoms with Gasteiger partial charge in [0, 0.05) is 31.6 Å². The number of hydrogen-bond donors (Lipinski definition) is 0. The zero-order valence-corrected chi connectivity index (χ0v) is 15.8. The van der Waals surface area contributed by atoms with Crippen LogP contribution in [0.3, 0.4) is 0 Å². The number of benzene rings is 2. The Morgan fingerprint density at radius 3 is 2.38 bits per heavy atom. The van der Waals surface area contributed by atoms with Crippen molar-refractivity contribution in [2.24, 2.45) is 5.92 Å². The molecule has 4 heteroatoms. The monoisotopic (exact) mass is 354 g/mol. The number of ether oxygens (including phenoxy) is 2. The van der Waals surface area contributed by atoms with E-state index in [1.807, 2.05) is 0 Å².